The summed E-state index contributed by atoms with van der Waals surface area (Å²) in [5.41, 5.74) is 6.76. The van der Waals surface area contributed by atoms with Gasteiger partial charge >= 0.3 is 0 Å². The maximum Gasteiger partial charge on any atom is 0.0139 e. The zero-order chi connectivity index (χ0) is 10.1. The molecule has 4 atom stereocenters. The van der Waals surface area contributed by atoms with Gasteiger partial charge in [-0.2, -0.15) is 0 Å². The van der Waals surface area contributed by atoms with Crippen LogP contribution in [0.5, 0.6) is 0 Å². The summed E-state index contributed by atoms with van der Waals surface area (Å²) in [6.07, 6.45) is 2.99. The topological polar surface area (TPSA) is 0 Å². The summed E-state index contributed by atoms with van der Waals surface area (Å²) < 4.78 is 0. The minimum atomic E-state index is 0.311. The highest BCUT2D eigenvalue weighted by Gasteiger charge is 2.57. The lowest BCUT2D eigenvalue weighted by Gasteiger charge is -2.34. The van der Waals surface area contributed by atoms with Gasteiger partial charge in [0.25, 0.3) is 0 Å². The summed E-state index contributed by atoms with van der Waals surface area (Å²) in [4.78, 5) is 0. The highest BCUT2D eigenvalue weighted by atomic mass is 32.1. The van der Waals surface area contributed by atoms with Gasteiger partial charge in [0.1, 0.15) is 0 Å². The molecule has 1 saturated heterocycles. The smallest absolute Gasteiger partial charge is 0.0139 e. The minimum Gasteiger partial charge on any atom is -0.0691 e. The van der Waals surface area contributed by atoms with Crippen molar-refractivity contribution in [1.29, 1.82) is 0 Å². The molecule has 14 heavy (non-hydrogen) atoms. The van der Waals surface area contributed by atoms with Gasteiger partial charge in [0.2, 0.25) is 0 Å². The van der Waals surface area contributed by atoms with Crippen LogP contribution in [0.2, 0.25) is 0 Å². The van der Waals surface area contributed by atoms with E-state index in [1.807, 2.05) is 0 Å². The van der Waals surface area contributed by atoms with Gasteiger partial charge < -0.3 is 0 Å². The van der Waals surface area contributed by atoms with E-state index in [4.69, 9.17) is 0 Å². The lowest BCUT2D eigenvalue weighted by atomic mass is 9.79. The number of fused-ring (bicyclic) bond motifs is 5. The molecule has 3 aliphatic rings. The number of allylic oxidation sites excluding steroid dienone is 3. The monoisotopic (exact) mass is 224 g/mol. The number of hydrogen-bond acceptors (Lipinski definition) is 0. The zero-order valence-corrected chi connectivity index (χ0v) is 11.3. The standard InChI is InChI=1S/C12H18P2/c1-8-5-14-11(10(8)3)12(4)7-13(14)6-9(12)2/h6,11H,5,7H2,1-4H3/t11-,12+,13+,14+/m0/s1. The van der Waals surface area contributed by atoms with Gasteiger partial charge in [-0.3, -0.25) is 0 Å². The molecule has 0 amide bonds. The lowest BCUT2D eigenvalue weighted by Crippen LogP contribution is -2.28. The second kappa shape index (κ2) is 2.72. The zero-order valence-electron chi connectivity index (χ0n) is 9.46. The van der Waals surface area contributed by atoms with Gasteiger partial charge in [-0.25, -0.2) is 0 Å². The van der Waals surface area contributed by atoms with E-state index in [0.717, 1.165) is 5.66 Å². The maximum atomic E-state index is 2.66. The Morgan fingerprint density at radius 2 is 2.07 bits per heavy atom. The van der Waals surface area contributed by atoms with Crippen molar-refractivity contribution < 1.29 is 0 Å². The average Bonchev–Trinajstić information content (AvgIpc) is 2.64. The summed E-state index contributed by atoms with van der Waals surface area (Å²) in [6.45, 7) is 9.66. The Morgan fingerprint density at radius 1 is 1.36 bits per heavy atom. The van der Waals surface area contributed by atoms with Crippen LogP contribution in [0.4, 0.5) is 0 Å². The fourth-order valence-corrected chi connectivity index (χ4v) is 14.5. The third-order valence-corrected chi connectivity index (χ3v) is 13.0. The molecule has 1 fully saturated rings. The van der Waals surface area contributed by atoms with E-state index < -0.39 is 0 Å². The fraction of sp³-hybridized carbons (Fsp3) is 0.667. The van der Waals surface area contributed by atoms with E-state index >= 15 is 0 Å². The Morgan fingerprint density at radius 3 is 2.79 bits per heavy atom. The molecule has 2 heteroatoms. The SMILES string of the molecule is CC1=C[P@]2C[C@@]1(C)[C@@H]1C(C)=C(C)C[P@]12. The van der Waals surface area contributed by atoms with Crippen LogP contribution in [0, 0.1) is 5.41 Å². The molecular formula is C12H18P2. The van der Waals surface area contributed by atoms with Crippen molar-refractivity contribution in [3.63, 3.8) is 0 Å². The van der Waals surface area contributed by atoms with Gasteiger partial charge in [0, 0.05) is 11.1 Å². The van der Waals surface area contributed by atoms with E-state index in [1.165, 1.54) is 12.3 Å². The summed E-state index contributed by atoms with van der Waals surface area (Å²) in [5, 5.41) is 0. The second-order valence-corrected chi connectivity index (χ2v) is 11.5. The van der Waals surface area contributed by atoms with Crippen LogP contribution in [-0.4, -0.2) is 18.0 Å². The molecule has 0 radical (unpaired) electrons. The van der Waals surface area contributed by atoms with E-state index in [2.05, 4.69) is 33.5 Å². The Hall–Kier alpha value is 0.340. The largest absolute Gasteiger partial charge is 0.0691 e. The molecule has 0 nitrogen and oxygen atoms in total. The van der Waals surface area contributed by atoms with E-state index in [-0.39, 0.29) is 0 Å². The average molecular weight is 224 g/mol. The first kappa shape index (κ1) is 9.56. The first-order valence-corrected chi connectivity index (χ1v) is 9.32. The van der Waals surface area contributed by atoms with Gasteiger partial charge in [0.05, 0.1) is 0 Å². The third kappa shape index (κ3) is 0.929. The molecule has 76 valence electrons. The second-order valence-electron chi connectivity index (χ2n) is 5.29. The molecule has 3 aliphatic heterocycles. The molecule has 0 aromatic carbocycles. The minimum absolute atomic E-state index is 0.311. The van der Waals surface area contributed by atoms with E-state index in [9.17, 15) is 0 Å². The summed E-state index contributed by atoms with van der Waals surface area (Å²) in [7, 11) is 0.664. The lowest BCUT2D eigenvalue weighted by molar-refractivity contribution is 0.475. The van der Waals surface area contributed by atoms with E-state index in [1.54, 1.807) is 16.7 Å². The van der Waals surface area contributed by atoms with Crippen molar-refractivity contribution in [1.82, 2.24) is 0 Å². The van der Waals surface area contributed by atoms with Crippen LogP contribution in [0.25, 0.3) is 0 Å². The van der Waals surface area contributed by atoms with Crippen LogP contribution in [0.1, 0.15) is 27.7 Å². The van der Waals surface area contributed by atoms with Gasteiger partial charge in [0.15, 0.2) is 0 Å². The molecule has 0 aromatic heterocycles. The Labute approximate surface area is 89.3 Å². The van der Waals surface area contributed by atoms with E-state index in [0.29, 0.717) is 20.6 Å². The highest BCUT2D eigenvalue weighted by Crippen LogP contribution is 2.89. The molecule has 0 N–H and O–H groups in total. The molecular weight excluding hydrogens is 206 g/mol. The Balaban J connectivity index is 2.11. The molecule has 3 heterocycles. The summed E-state index contributed by atoms with van der Waals surface area (Å²) in [6, 6.07) is 0. The van der Waals surface area contributed by atoms with Crippen LogP contribution < -0.4 is 0 Å². The predicted octanol–water partition coefficient (Wildman–Crippen LogP) is 4.52. The molecule has 0 unspecified atom stereocenters. The summed E-state index contributed by atoms with van der Waals surface area (Å²) >= 11 is 0. The van der Waals surface area contributed by atoms with Crippen LogP contribution in [0.3, 0.4) is 0 Å². The fourth-order valence-electron chi connectivity index (χ4n) is 3.31. The Bertz CT molecular complexity index is 367. The van der Waals surface area contributed by atoms with Crippen LogP contribution in [-0.2, 0) is 0 Å². The van der Waals surface area contributed by atoms with Crippen LogP contribution >= 0.6 is 15.2 Å². The van der Waals surface area contributed by atoms with Crippen LogP contribution in [0.15, 0.2) is 22.5 Å². The first-order valence-electron chi connectivity index (χ1n) is 5.42. The molecule has 0 aromatic rings. The highest BCUT2D eigenvalue weighted by molar-refractivity contribution is 8.32. The van der Waals surface area contributed by atoms with Crippen molar-refractivity contribution in [2.45, 2.75) is 33.4 Å². The van der Waals surface area contributed by atoms with Gasteiger partial charge in [-0.1, -0.05) is 44.7 Å². The molecule has 0 saturated carbocycles. The number of hydrogen-bond donors (Lipinski definition) is 0. The quantitative estimate of drug-likeness (QED) is 0.419. The van der Waals surface area contributed by atoms with Crippen molar-refractivity contribution >= 4 is 15.2 Å². The van der Waals surface area contributed by atoms with Crippen molar-refractivity contribution in [2.75, 3.05) is 12.3 Å². The maximum absolute atomic E-state index is 2.66. The van der Waals surface area contributed by atoms with Gasteiger partial charge in [-0.05, 0) is 33.1 Å². The first-order chi connectivity index (χ1) is 6.54. The molecule has 3 rings (SSSR count). The number of rotatable bonds is 0. The molecule has 0 aliphatic carbocycles. The van der Waals surface area contributed by atoms with Crippen molar-refractivity contribution in [3.8, 4) is 0 Å². The summed E-state index contributed by atoms with van der Waals surface area (Å²) in [5.74, 6) is 2.66. The van der Waals surface area contributed by atoms with Crippen molar-refractivity contribution in [3.05, 3.63) is 22.5 Å². The van der Waals surface area contributed by atoms with Gasteiger partial charge in [-0.15, -0.1) is 0 Å². The Kier molecular flexibility index (Phi) is 1.86. The molecule has 2 bridgehead atoms. The predicted molar refractivity (Wildman–Crippen MR) is 67.6 cm³/mol. The molecule has 0 spiro atoms. The third-order valence-electron chi connectivity index (χ3n) is 4.45. The van der Waals surface area contributed by atoms with Crippen molar-refractivity contribution in [2.24, 2.45) is 5.41 Å². The normalized spacial score (nSPS) is 50.0.